The van der Waals surface area contributed by atoms with Crippen LogP contribution >= 0.6 is 0 Å². The first kappa shape index (κ1) is 21.2. The Morgan fingerprint density at radius 3 is 2.68 bits per heavy atom. The predicted octanol–water partition coefficient (Wildman–Crippen LogP) is 4.68. The van der Waals surface area contributed by atoms with Gasteiger partial charge in [-0.1, -0.05) is 18.7 Å². The Bertz CT molecular complexity index is 1230. The average Bonchev–Trinajstić information content (AvgIpc) is 3.15. The molecule has 0 aliphatic rings. The number of nitriles is 1. The van der Waals surface area contributed by atoms with E-state index in [2.05, 4.69) is 23.1 Å². The second kappa shape index (κ2) is 9.33. The summed E-state index contributed by atoms with van der Waals surface area (Å²) in [6.07, 6.45) is 9.77. The van der Waals surface area contributed by atoms with Crippen LogP contribution in [0.4, 0.5) is 11.4 Å². The van der Waals surface area contributed by atoms with Crippen molar-refractivity contribution in [3.63, 3.8) is 0 Å². The first-order valence-electron chi connectivity index (χ1n) is 9.24. The Morgan fingerprint density at radius 1 is 1.35 bits per heavy atom. The highest BCUT2D eigenvalue weighted by molar-refractivity contribution is 5.98. The summed E-state index contributed by atoms with van der Waals surface area (Å²) in [7, 11) is 1.37. The van der Waals surface area contributed by atoms with Gasteiger partial charge in [-0.3, -0.25) is 0 Å². The normalized spacial score (nSPS) is 11.3. The first-order valence-corrected chi connectivity index (χ1v) is 9.24. The maximum atomic E-state index is 11.6. The smallest absolute Gasteiger partial charge is 0.341 e. The minimum absolute atomic E-state index is 0.0533. The summed E-state index contributed by atoms with van der Waals surface area (Å²) in [6.45, 7) is 5.56. The molecule has 2 heterocycles. The Morgan fingerprint density at radius 2 is 2.10 bits per heavy atom. The maximum absolute atomic E-state index is 11.6. The van der Waals surface area contributed by atoms with Crippen LogP contribution in [0.1, 0.15) is 22.8 Å². The highest BCUT2D eigenvalue weighted by Gasteiger charge is 2.22. The van der Waals surface area contributed by atoms with Gasteiger partial charge in [-0.25, -0.2) is 9.31 Å². The lowest BCUT2D eigenvalue weighted by atomic mass is 10.2. The van der Waals surface area contributed by atoms with Crippen LogP contribution in [0.15, 0.2) is 73.3 Å². The Balaban J connectivity index is 1.99. The van der Waals surface area contributed by atoms with E-state index in [1.165, 1.54) is 24.0 Å². The number of anilines is 2. The number of carbonyl (C=O) groups is 1. The van der Waals surface area contributed by atoms with Crippen molar-refractivity contribution in [2.45, 2.75) is 6.92 Å². The van der Waals surface area contributed by atoms with Gasteiger partial charge in [0.1, 0.15) is 28.7 Å². The van der Waals surface area contributed by atoms with Gasteiger partial charge in [0.25, 0.3) is 0 Å². The molecule has 3 rings (SSSR count). The lowest BCUT2D eigenvalue weighted by Crippen LogP contribution is -2.01. The third kappa shape index (κ3) is 4.41. The number of benzene rings is 1. The molecule has 8 nitrogen and oxygen atoms in total. The Hall–Kier alpha value is -4.51. The van der Waals surface area contributed by atoms with Crippen LogP contribution in [-0.2, 0) is 0 Å². The van der Waals surface area contributed by atoms with Crippen LogP contribution in [0.25, 0.3) is 5.52 Å². The van der Waals surface area contributed by atoms with E-state index in [9.17, 15) is 15.2 Å². The van der Waals surface area contributed by atoms with Gasteiger partial charge in [0, 0.05) is 11.9 Å². The van der Waals surface area contributed by atoms with E-state index >= 15 is 0 Å². The Labute approximate surface area is 179 Å². The zero-order valence-corrected chi connectivity index (χ0v) is 17.0. The van der Waals surface area contributed by atoms with Crippen molar-refractivity contribution in [2.24, 2.45) is 0 Å². The molecule has 0 fully saturated rings. The van der Waals surface area contributed by atoms with Crippen LogP contribution in [-0.4, -0.2) is 27.8 Å². The molecule has 2 N–H and O–H groups in total. The molecule has 0 saturated carbocycles. The number of aromatic nitrogens is 2. The molecule has 0 aliphatic carbocycles. The number of rotatable bonds is 8. The molecule has 0 bridgehead atoms. The number of hydrogen-bond donors (Lipinski definition) is 2. The summed E-state index contributed by atoms with van der Waals surface area (Å²) < 4.78 is 12.5. The summed E-state index contributed by atoms with van der Waals surface area (Å²) in [6, 6.07) is 9.17. The van der Waals surface area contributed by atoms with E-state index in [0.29, 0.717) is 28.4 Å². The molecule has 3 aromatic rings. The van der Waals surface area contributed by atoms with E-state index < -0.39 is 5.97 Å². The third-order valence-electron chi connectivity index (χ3n) is 4.28. The zero-order chi connectivity index (χ0) is 22.4. The standard InChI is InChI=1S/C23H20N4O4/c1-4-6-17(7-5-2)31-18-10-8-16(9-11-18)26-20-15(12-24)13-25-27-14-19(23(28)29)22(30-3)21(20)27/h4-11,13-14,26H,1H2,2-3H3,(H,28,29)/b7-5-,17-6+. The molecule has 2 aromatic heterocycles. The summed E-state index contributed by atoms with van der Waals surface area (Å²) in [5.41, 5.74) is 1.59. The highest BCUT2D eigenvalue weighted by Crippen LogP contribution is 2.35. The van der Waals surface area contributed by atoms with E-state index in [-0.39, 0.29) is 16.9 Å². The molecular weight excluding hydrogens is 396 g/mol. The average molecular weight is 416 g/mol. The molecule has 0 saturated heterocycles. The van der Waals surface area contributed by atoms with Gasteiger partial charge in [-0.15, -0.1) is 0 Å². The molecule has 0 spiro atoms. The first-order chi connectivity index (χ1) is 15.0. The van der Waals surface area contributed by atoms with Crippen molar-refractivity contribution in [1.29, 1.82) is 5.26 Å². The number of carboxylic acids is 1. The molecule has 8 heteroatoms. The molecule has 0 aliphatic heterocycles. The van der Waals surface area contributed by atoms with E-state index in [1.807, 2.05) is 19.1 Å². The zero-order valence-electron chi connectivity index (χ0n) is 17.0. The SMILES string of the molecule is C=C/C=C(\C=C/C)Oc1ccc(Nc2c(C#N)cnn3cc(C(=O)O)c(OC)c23)cc1. The fourth-order valence-electron chi connectivity index (χ4n) is 2.97. The minimum atomic E-state index is -1.15. The molecule has 0 unspecified atom stereocenters. The summed E-state index contributed by atoms with van der Waals surface area (Å²) in [4.78, 5) is 11.6. The molecule has 31 heavy (non-hydrogen) atoms. The summed E-state index contributed by atoms with van der Waals surface area (Å²) in [5, 5.41) is 26.3. The minimum Gasteiger partial charge on any atom is -0.493 e. The van der Waals surface area contributed by atoms with Gasteiger partial charge in [0.15, 0.2) is 5.75 Å². The predicted molar refractivity (Wildman–Crippen MR) is 117 cm³/mol. The summed E-state index contributed by atoms with van der Waals surface area (Å²) in [5.74, 6) is 0.216. The molecule has 156 valence electrons. The second-order valence-electron chi connectivity index (χ2n) is 6.28. The van der Waals surface area contributed by atoms with Crippen LogP contribution < -0.4 is 14.8 Å². The number of methoxy groups -OCH3 is 1. The number of fused-ring (bicyclic) bond motifs is 1. The number of hydrogen-bond acceptors (Lipinski definition) is 6. The van der Waals surface area contributed by atoms with Crippen LogP contribution in [0.2, 0.25) is 0 Å². The molecule has 1 aromatic carbocycles. The monoisotopic (exact) mass is 416 g/mol. The number of allylic oxidation sites excluding steroid dienone is 4. The van der Waals surface area contributed by atoms with Crippen molar-refractivity contribution in [2.75, 3.05) is 12.4 Å². The number of ether oxygens (including phenoxy) is 2. The van der Waals surface area contributed by atoms with Crippen molar-refractivity contribution >= 4 is 22.9 Å². The maximum Gasteiger partial charge on any atom is 0.341 e. The molecular formula is C23H20N4O4. The highest BCUT2D eigenvalue weighted by atomic mass is 16.5. The Kier molecular flexibility index (Phi) is 6.38. The largest absolute Gasteiger partial charge is 0.493 e. The molecule has 0 atom stereocenters. The number of nitrogens with zero attached hydrogens (tertiary/aromatic N) is 3. The van der Waals surface area contributed by atoms with Crippen LogP contribution in [0.5, 0.6) is 11.5 Å². The third-order valence-corrected chi connectivity index (χ3v) is 4.28. The quantitative estimate of drug-likeness (QED) is 0.405. The topological polar surface area (TPSA) is 109 Å². The van der Waals surface area contributed by atoms with E-state index in [4.69, 9.17) is 9.47 Å². The van der Waals surface area contributed by atoms with Gasteiger partial charge in [-0.05, 0) is 43.3 Å². The number of nitrogens with one attached hydrogen (secondary N) is 1. The van der Waals surface area contributed by atoms with Gasteiger partial charge < -0.3 is 19.9 Å². The van der Waals surface area contributed by atoms with Crippen molar-refractivity contribution in [3.8, 4) is 17.6 Å². The fourth-order valence-corrected chi connectivity index (χ4v) is 2.97. The van der Waals surface area contributed by atoms with Crippen molar-refractivity contribution in [1.82, 2.24) is 9.61 Å². The van der Waals surface area contributed by atoms with Gasteiger partial charge in [0.2, 0.25) is 0 Å². The van der Waals surface area contributed by atoms with E-state index in [1.54, 1.807) is 36.4 Å². The second-order valence-corrected chi connectivity index (χ2v) is 6.28. The number of carboxylic acid groups (broad SMARTS) is 1. The van der Waals surface area contributed by atoms with Crippen molar-refractivity contribution < 1.29 is 19.4 Å². The van der Waals surface area contributed by atoms with Crippen LogP contribution in [0.3, 0.4) is 0 Å². The van der Waals surface area contributed by atoms with Crippen molar-refractivity contribution in [3.05, 3.63) is 84.4 Å². The number of aromatic carboxylic acids is 1. The lowest BCUT2D eigenvalue weighted by molar-refractivity contribution is 0.0693. The summed E-state index contributed by atoms with van der Waals surface area (Å²) >= 11 is 0. The van der Waals surface area contributed by atoms with Crippen LogP contribution in [0, 0.1) is 11.3 Å². The van der Waals surface area contributed by atoms with Gasteiger partial charge >= 0.3 is 5.97 Å². The van der Waals surface area contributed by atoms with E-state index in [0.717, 1.165) is 0 Å². The van der Waals surface area contributed by atoms with Gasteiger partial charge in [-0.2, -0.15) is 10.4 Å². The molecule has 0 radical (unpaired) electrons. The fraction of sp³-hybridized carbons (Fsp3) is 0.0870. The van der Waals surface area contributed by atoms with Gasteiger partial charge in [0.05, 0.1) is 24.6 Å². The molecule has 0 amide bonds. The lowest BCUT2D eigenvalue weighted by Gasteiger charge is -2.12.